The topological polar surface area (TPSA) is 68.5 Å². The van der Waals surface area contributed by atoms with Gasteiger partial charge in [-0.1, -0.05) is 17.7 Å². The maximum absolute atomic E-state index is 12.1. The minimum absolute atomic E-state index is 0.0189. The fourth-order valence-corrected chi connectivity index (χ4v) is 2.14. The molecule has 0 aliphatic rings. The molecule has 0 radical (unpaired) electrons. The van der Waals surface area contributed by atoms with E-state index < -0.39 is 18.0 Å². The van der Waals surface area contributed by atoms with E-state index in [2.05, 4.69) is 21.2 Å². The van der Waals surface area contributed by atoms with Crippen molar-refractivity contribution in [1.29, 1.82) is 0 Å². The molecule has 0 spiro atoms. The van der Waals surface area contributed by atoms with Crippen LogP contribution in [0.15, 0.2) is 39.4 Å². The molecule has 1 atom stereocenters. The van der Waals surface area contributed by atoms with Crippen molar-refractivity contribution >= 4 is 45.1 Å². The normalized spacial score (nSPS) is 11.8. The van der Waals surface area contributed by atoms with E-state index in [1.807, 2.05) is 6.92 Å². The second-order valence-electron chi connectivity index (χ2n) is 4.60. The van der Waals surface area contributed by atoms with Crippen LogP contribution in [-0.2, 0) is 9.53 Å². The molecule has 5 nitrogen and oxygen atoms in total. The third-order valence-electron chi connectivity index (χ3n) is 2.88. The van der Waals surface area contributed by atoms with E-state index in [9.17, 15) is 9.59 Å². The highest BCUT2D eigenvalue weighted by Gasteiger charge is 2.21. The first-order valence-corrected chi connectivity index (χ1v) is 7.57. The van der Waals surface area contributed by atoms with Gasteiger partial charge in [0.05, 0.1) is 0 Å². The van der Waals surface area contributed by atoms with Crippen LogP contribution >= 0.6 is 27.5 Å². The van der Waals surface area contributed by atoms with Crippen molar-refractivity contribution in [1.82, 2.24) is 0 Å². The second-order valence-corrected chi connectivity index (χ2v) is 5.82. The summed E-state index contributed by atoms with van der Waals surface area (Å²) < 4.78 is 10.5. The summed E-state index contributed by atoms with van der Waals surface area (Å²) >= 11 is 8.98. The maximum atomic E-state index is 12.1. The first-order valence-electron chi connectivity index (χ1n) is 6.40. The summed E-state index contributed by atoms with van der Waals surface area (Å²) in [6.07, 6.45) is -0.977. The Bertz CT molecular complexity index is 713. The van der Waals surface area contributed by atoms with Crippen LogP contribution in [0.1, 0.15) is 23.0 Å². The van der Waals surface area contributed by atoms with E-state index in [4.69, 9.17) is 20.8 Å². The van der Waals surface area contributed by atoms with Crippen molar-refractivity contribution in [3.05, 3.63) is 51.3 Å². The number of ether oxygens (including phenoxy) is 1. The summed E-state index contributed by atoms with van der Waals surface area (Å²) in [7, 11) is 0. The minimum atomic E-state index is -0.977. The van der Waals surface area contributed by atoms with Gasteiger partial charge in [0.15, 0.2) is 10.8 Å². The summed E-state index contributed by atoms with van der Waals surface area (Å²) in [6, 6.07) is 8.17. The van der Waals surface area contributed by atoms with Crippen molar-refractivity contribution in [2.75, 3.05) is 5.32 Å². The van der Waals surface area contributed by atoms with Gasteiger partial charge in [-0.3, -0.25) is 4.79 Å². The van der Waals surface area contributed by atoms with E-state index in [1.165, 1.54) is 13.0 Å². The van der Waals surface area contributed by atoms with Gasteiger partial charge < -0.3 is 14.5 Å². The van der Waals surface area contributed by atoms with E-state index in [1.54, 1.807) is 24.3 Å². The Morgan fingerprint density at radius 3 is 2.68 bits per heavy atom. The lowest BCUT2D eigenvalue weighted by Crippen LogP contribution is -2.30. The molecule has 0 aliphatic carbocycles. The average Bonchev–Trinajstić information content (AvgIpc) is 2.89. The number of hydrogen-bond acceptors (Lipinski definition) is 4. The molecule has 1 aromatic heterocycles. The number of esters is 1. The van der Waals surface area contributed by atoms with Crippen molar-refractivity contribution in [3.8, 4) is 0 Å². The highest BCUT2D eigenvalue weighted by molar-refractivity contribution is 9.10. The lowest BCUT2D eigenvalue weighted by atomic mass is 10.2. The third-order valence-corrected chi connectivity index (χ3v) is 3.55. The molecule has 22 heavy (non-hydrogen) atoms. The zero-order valence-electron chi connectivity index (χ0n) is 11.9. The summed E-state index contributed by atoms with van der Waals surface area (Å²) in [5, 5.41) is 3.18. The third kappa shape index (κ3) is 4.11. The molecule has 1 aromatic carbocycles. The standard InChI is InChI=1S/C15H13BrClNO4/c1-8-3-4-10(17)7-11(8)18-14(19)9(2)21-15(20)12-5-6-13(16)22-12/h3-7,9H,1-2H3,(H,18,19). The van der Waals surface area contributed by atoms with Crippen molar-refractivity contribution in [2.24, 2.45) is 0 Å². The maximum Gasteiger partial charge on any atom is 0.375 e. The molecule has 0 saturated carbocycles. The van der Waals surface area contributed by atoms with E-state index in [0.717, 1.165) is 5.56 Å². The van der Waals surface area contributed by atoms with Crippen molar-refractivity contribution < 1.29 is 18.7 Å². The molecule has 1 amide bonds. The van der Waals surface area contributed by atoms with Crippen LogP contribution in [0.3, 0.4) is 0 Å². The Morgan fingerprint density at radius 1 is 1.32 bits per heavy atom. The van der Waals surface area contributed by atoms with Crippen molar-refractivity contribution in [2.45, 2.75) is 20.0 Å². The molecule has 0 fully saturated rings. The number of benzene rings is 1. The van der Waals surface area contributed by atoms with Gasteiger partial charge in [-0.05, 0) is 59.6 Å². The number of rotatable bonds is 4. The van der Waals surface area contributed by atoms with E-state index >= 15 is 0 Å². The van der Waals surface area contributed by atoms with Gasteiger partial charge >= 0.3 is 5.97 Å². The molecular weight excluding hydrogens is 374 g/mol. The van der Waals surface area contributed by atoms with Gasteiger partial charge in [0.2, 0.25) is 5.76 Å². The van der Waals surface area contributed by atoms with Gasteiger partial charge in [-0.25, -0.2) is 4.79 Å². The lowest BCUT2D eigenvalue weighted by Gasteiger charge is -2.14. The lowest BCUT2D eigenvalue weighted by molar-refractivity contribution is -0.123. The van der Waals surface area contributed by atoms with Crippen LogP contribution in [0.2, 0.25) is 5.02 Å². The Balaban J connectivity index is 2.00. The first kappa shape index (κ1) is 16.6. The number of furan rings is 1. The molecule has 0 aliphatic heterocycles. The molecule has 2 aromatic rings. The molecule has 2 rings (SSSR count). The molecule has 1 unspecified atom stereocenters. The Morgan fingerprint density at radius 2 is 2.05 bits per heavy atom. The van der Waals surface area contributed by atoms with Crippen LogP contribution in [0.4, 0.5) is 5.69 Å². The van der Waals surface area contributed by atoms with Gasteiger partial charge in [0.1, 0.15) is 0 Å². The summed E-state index contributed by atoms with van der Waals surface area (Å²) in [5.74, 6) is -1.15. The van der Waals surface area contributed by atoms with Crippen molar-refractivity contribution in [3.63, 3.8) is 0 Å². The molecule has 116 valence electrons. The predicted molar refractivity (Wildman–Crippen MR) is 86.1 cm³/mol. The van der Waals surface area contributed by atoms with Crippen LogP contribution < -0.4 is 5.32 Å². The Kier molecular flexibility index (Phi) is 5.26. The quantitative estimate of drug-likeness (QED) is 0.800. The Labute approximate surface area is 140 Å². The summed E-state index contributed by atoms with van der Waals surface area (Å²) in [4.78, 5) is 23.9. The van der Waals surface area contributed by atoms with Gasteiger partial charge in [0.25, 0.3) is 5.91 Å². The smallest absolute Gasteiger partial charge is 0.375 e. The average molecular weight is 387 g/mol. The van der Waals surface area contributed by atoms with Gasteiger partial charge in [-0.2, -0.15) is 0 Å². The number of halogens is 2. The molecule has 1 heterocycles. The molecule has 7 heteroatoms. The molecule has 1 N–H and O–H groups in total. The van der Waals surface area contributed by atoms with Crippen LogP contribution in [0, 0.1) is 6.92 Å². The number of aryl methyl sites for hydroxylation is 1. The van der Waals surface area contributed by atoms with E-state index in [-0.39, 0.29) is 5.76 Å². The number of hydrogen-bond donors (Lipinski definition) is 1. The summed E-state index contributed by atoms with van der Waals surface area (Å²) in [6.45, 7) is 3.31. The zero-order valence-corrected chi connectivity index (χ0v) is 14.2. The fraction of sp³-hybridized carbons (Fsp3) is 0.200. The Hall–Kier alpha value is -1.79. The molecule has 0 bridgehead atoms. The number of amides is 1. The minimum Gasteiger partial charge on any atom is -0.447 e. The second kappa shape index (κ2) is 6.98. The summed E-state index contributed by atoms with van der Waals surface area (Å²) in [5.41, 5.74) is 1.42. The van der Waals surface area contributed by atoms with Gasteiger partial charge in [0, 0.05) is 10.7 Å². The molecular formula is C15H13BrClNO4. The van der Waals surface area contributed by atoms with Crippen LogP contribution in [0.25, 0.3) is 0 Å². The first-order chi connectivity index (χ1) is 10.4. The fourth-order valence-electron chi connectivity index (χ4n) is 1.66. The number of carbonyl (C=O) groups excluding carboxylic acids is 2. The predicted octanol–water partition coefficient (Wildman–Crippen LogP) is 4.19. The number of anilines is 1. The van der Waals surface area contributed by atoms with E-state index in [0.29, 0.717) is 15.4 Å². The largest absolute Gasteiger partial charge is 0.447 e. The van der Waals surface area contributed by atoms with Gasteiger partial charge in [-0.15, -0.1) is 0 Å². The molecule has 0 saturated heterocycles. The monoisotopic (exact) mass is 385 g/mol. The number of carbonyl (C=O) groups is 2. The highest BCUT2D eigenvalue weighted by Crippen LogP contribution is 2.21. The highest BCUT2D eigenvalue weighted by atomic mass is 79.9. The number of nitrogens with one attached hydrogen (secondary N) is 1. The van der Waals surface area contributed by atoms with Crippen LogP contribution in [-0.4, -0.2) is 18.0 Å². The van der Waals surface area contributed by atoms with Crippen LogP contribution in [0.5, 0.6) is 0 Å². The zero-order chi connectivity index (χ0) is 16.3. The SMILES string of the molecule is Cc1ccc(Cl)cc1NC(=O)C(C)OC(=O)c1ccc(Br)o1.